The third kappa shape index (κ3) is 5.10. The maximum absolute atomic E-state index is 12.5. The van der Waals surface area contributed by atoms with Crippen molar-refractivity contribution in [2.75, 3.05) is 5.73 Å². The van der Waals surface area contributed by atoms with Crippen LogP contribution in [0.2, 0.25) is 0 Å². The lowest BCUT2D eigenvalue weighted by Crippen LogP contribution is -2.16. The summed E-state index contributed by atoms with van der Waals surface area (Å²) in [4.78, 5) is 4.50. The molecule has 0 aliphatic carbocycles. The molecule has 3 N–H and O–H groups in total. The highest BCUT2D eigenvalue weighted by molar-refractivity contribution is 7.87. The number of nitrogens with zero attached hydrogens (tertiary/aromatic N) is 3. The molecule has 0 saturated carbocycles. The Kier molecular flexibility index (Phi) is 7.18. The molecule has 1 atom stereocenters. The molecule has 3 aromatic rings. The van der Waals surface area contributed by atoms with Crippen LogP contribution in [0.5, 0.6) is 5.75 Å². The zero-order chi connectivity index (χ0) is 23.3. The van der Waals surface area contributed by atoms with Crippen molar-refractivity contribution >= 4 is 15.8 Å². The molecule has 1 unspecified atom stereocenters. The van der Waals surface area contributed by atoms with Crippen molar-refractivity contribution in [1.29, 1.82) is 5.26 Å². The SMILES string of the molecule is CCCCc1nc(C#N)c(-c2ccc(OS(=O)(=O)c3ccccc3)cc2N)n1CC(C)O. The number of unbranched alkanes of at least 4 members (excludes halogenated alkanes) is 1. The molecule has 0 saturated heterocycles. The Morgan fingerprint density at radius 1 is 1.25 bits per heavy atom. The van der Waals surface area contributed by atoms with Gasteiger partial charge in [-0.25, -0.2) is 4.98 Å². The first kappa shape index (κ1) is 23.3. The van der Waals surface area contributed by atoms with Gasteiger partial charge in [0.1, 0.15) is 22.5 Å². The molecule has 9 heteroatoms. The predicted octanol–water partition coefficient (Wildman–Crippen LogP) is 3.50. The fourth-order valence-corrected chi connectivity index (χ4v) is 4.35. The van der Waals surface area contributed by atoms with Crippen molar-refractivity contribution in [3.8, 4) is 23.1 Å². The molecule has 0 fully saturated rings. The van der Waals surface area contributed by atoms with E-state index in [1.165, 1.54) is 24.3 Å². The molecule has 0 amide bonds. The highest BCUT2D eigenvalue weighted by atomic mass is 32.2. The molecule has 0 spiro atoms. The normalized spacial score (nSPS) is 12.3. The molecule has 0 aliphatic rings. The fraction of sp³-hybridized carbons (Fsp3) is 0.304. The Hall–Kier alpha value is -3.35. The van der Waals surface area contributed by atoms with E-state index in [0.717, 1.165) is 12.8 Å². The van der Waals surface area contributed by atoms with Crippen LogP contribution in [0.3, 0.4) is 0 Å². The van der Waals surface area contributed by atoms with E-state index >= 15 is 0 Å². The van der Waals surface area contributed by atoms with Gasteiger partial charge in [-0.05, 0) is 37.6 Å². The molecule has 168 valence electrons. The first-order valence-corrected chi connectivity index (χ1v) is 11.7. The smallest absolute Gasteiger partial charge is 0.339 e. The molecule has 1 heterocycles. The summed E-state index contributed by atoms with van der Waals surface area (Å²) in [5, 5.41) is 19.7. The number of hydrogen-bond donors (Lipinski definition) is 2. The molecular weight excluding hydrogens is 428 g/mol. The second kappa shape index (κ2) is 9.85. The van der Waals surface area contributed by atoms with Gasteiger partial charge in [0.05, 0.1) is 18.3 Å². The van der Waals surface area contributed by atoms with Gasteiger partial charge >= 0.3 is 10.1 Å². The highest BCUT2D eigenvalue weighted by Gasteiger charge is 2.22. The first-order valence-electron chi connectivity index (χ1n) is 10.3. The minimum Gasteiger partial charge on any atom is -0.398 e. The molecular formula is C23H26N4O4S. The van der Waals surface area contributed by atoms with Gasteiger partial charge in [0.15, 0.2) is 5.69 Å². The molecule has 2 aromatic carbocycles. The summed E-state index contributed by atoms with van der Waals surface area (Å²) >= 11 is 0. The summed E-state index contributed by atoms with van der Waals surface area (Å²) in [6, 6.07) is 14.4. The van der Waals surface area contributed by atoms with E-state index in [2.05, 4.69) is 18.0 Å². The molecule has 3 rings (SSSR count). The second-order valence-electron chi connectivity index (χ2n) is 7.50. The number of nitrogens with two attached hydrogens (primary N) is 1. The molecule has 1 aromatic heterocycles. The standard InChI is InChI=1S/C23H26N4O4S/c1-3-4-10-22-26-21(14-24)23(27(22)15-16(2)28)19-12-11-17(13-20(19)25)31-32(29,30)18-8-6-5-7-9-18/h5-9,11-13,16,28H,3-4,10,15,25H2,1-2H3. The van der Waals surface area contributed by atoms with E-state index < -0.39 is 16.2 Å². The number of nitriles is 1. The Balaban J connectivity index is 2.02. The van der Waals surface area contributed by atoms with Gasteiger partial charge in [-0.3, -0.25) is 0 Å². The van der Waals surface area contributed by atoms with Crippen LogP contribution in [0.1, 0.15) is 38.2 Å². The van der Waals surface area contributed by atoms with Gasteiger partial charge in [-0.15, -0.1) is 0 Å². The van der Waals surface area contributed by atoms with Gasteiger partial charge in [0.2, 0.25) is 0 Å². The predicted molar refractivity (Wildman–Crippen MR) is 121 cm³/mol. The number of benzene rings is 2. The monoisotopic (exact) mass is 454 g/mol. The summed E-state index contributed by atoms with van der Waals surface area (Å²) in [5.41, 5.74) is 7.70. The minimum absolute atomic E-state index is 0.0324. The average molecular weight is 455 g/mol. The highest BCUT2D eigenvalue weighted by Crippen LogP contribution is 2.34. The van der Waals surface area contributed by atoms with Crippen LogP contribution in [-0.2, 0) is 23.1 Å². The zero-order valence-corrected chi connectivity index (χ0v) is 18.8. The topological polar surface area (TPSA) is 131 Å². The lowest BCUT2D eigenvalue weighted by Gasteiger charge is -2.16. The maximum atomic E-state index is 12.5. The molecule has 0 aliphatic heterocycles. The summed E-state index contributed by atoms with van der Waals surface area (Å²) in [6.45, 7) is 3.98. The average Bonchev–Trinajstić information content (AvgIpc) is 3.09. The van der Waals surface area contributed by atoms with E-state index in [1.54, 1.807) is 31.2 Å². The molecule has 32 heavy (non-hydrogen) atoms. The quantitative estimate of drug-likeness (QED) is 0.374. The van der Waals surface area contributed by atoms with Crippen LogP contribution in [-0.4, -0.2) is 29.2 Å². The number of aliphatic hydroxyl groups is 1. The van der Waals surface area contributed by atoms with Crippen LogP contribution >= 0.6 is 0 Å². The summed E-state index contributed by atoms with van der Waals surface area (Å²) < 4.78 is 32.0. The molecule has 0 bridgehead atoms. The Labute approximate surface area is 188 Å². The van der Waals surface area contributed by atoms with Crippen molar-refractivity contribution in [3.63, 3.8) is 0 Å². The van der Waals surface area contributed by atoms with Crippen LogP contribution in [0.25, 0.3) is 11.3 Å². The van der Waals surface area contributed by atoms with Gasteiger partial charge in [-0.2, -0.15) is 13.7 Å². The third-order valence-electron chi connectivity index (χ3n) is 4.87. The third-order valence-corrected chi connectivity index (χ3v) is 6.13. The number of aryl methyl sites for hydroxylation is 1. The maximum Gasteiger partial charge on any atom is 0.339 e. The van der Waals surface area contributed by atoms with E-state index in [1.807, 2.05) is 4.57 Å². The Morgan fingerprint density at radius 2 is 1.97 bits per heavy atom. The lowest BCUT2D eigenvalue weighted by atomic mass is 10.1. The van der Waals surface area contributed by atoms with Crippen LogP contribution in [0, 0.1) is 11.3 Å². The fourth-order valence-electron chi connectivity index (χ4n) is 3.41. The van der Waals surface area contributed by atoms with Gasteiger partial charge in [0, 0.05) is 23.7 Å². The summed E-state index contributed by atoms with van der Waals surface area (Å²) in [7, 11) is -4.01. The Morgan fingerprint density at radius 3 is 2.56 bits per heavy atom. The number of aromatic nitrogens is 2. The van der Waals surface area contributed by atoms with Crippen molar-refractivity contribution in [1.82, 2.24) is 9.55 Å². The lowest BCUT2D eigenvalue weighted by molar-refractivity contribution is 0.172. The number of aliphatic hydroxyl groups excluding tert-OH is 1. The van der Waals surface area contributed by atoms with Crippen molar-refractivity contribution in [3.05, 3.63) is 60.0 Å². The molecule has 8 nitrogen and oxygen atoms in total. The number of imidazole rings is 1. The van der Waals surface area contributed by atoms with E-state index in [9.17, 15) is 18.8 Å². The van der Waals surface area contributed by atoms with Crippen molar-refractivity contribution in [2.45, 2.75) is 50.7 Å². The van der Waals surface area contributed by atoms with E-state index in [4.69, 9.17) is 9.92 Å². The van der Waals surface area contributed by atoms with Crippen LogP contribution in [0.4, 0.5) is 5.69 Å². The second-order valence-corrected chi connectivity index (χ2v) is 9.05. The minimum atomic E-state index is -4.01. The zero-order valence-electron chi connectivity index (χ0n) is 18.0. The van der Waals surface area contributed by atoms with Crippen molar-refractivity contribution < 1.29 is 17.7 Å². The Bertz CT molecular complexity index is 1230. The molecule has 0 radical (unpaired) electrons. The van der Waals surface area contributed by atoms with Crippen molar-refractivity contribution in [2.24, 2.45) is 0 Å². The van der Waals surface area contributed by atoms with E-state index in [-0.39, 0.29) is 28.6 Å². The summed E-state index contributed by atoms with van der Waals surface area (Å²) in [5.74, 6) is 0.757. The largest absolute Gasteiger partial charge is 0.398 e. The number of rotatable bonds is 9. The number of hydrogen-bond acceptors (Lipinski definition) is 7. The summed E-state index contributed by atoms with van der Waals surface area (Å²) in [6.07, 6.45) is 1.85. The van der Waals surface area contributed by atoms with Crippen LogP contribution < -0.4 is 9.92 Å². The van der Waals surface area contributed by atoms with Gasteiger partial charge in [0.25, 0.3) is 0 Å². The van der Waals surface area contributed by atoms with Crippen LogP contribution in [0.15, 0.2) is 53.4 Å². The number of anilines is 1. The van der Waals surface area contributed by atoms with Gasteiger partial charge in [-0.1, -0.05) is 31.5 Å². The first-order chi connectivity index (χ1) is 15.3. The number of nitrogen functional groups attached to an aromatic ring is 1. The van der Waals surface area contributed by atoms with E-state index in [0.29, 0.717) is 23.5 Å². The van der Waals surface area contributed by atoms with Gasteiger partial charge < -0.3 is 19.6 Å².